The van der Waals surface area contributed by atoms with E-state index in [0.717, 1.165) is 35.3 Å². The fraction of sp³-hybridized carbons (Fsp3) is 0.611. The first kappa shape index (κ1) is 21.7. The number of alkyl halides is 3. The highest BCUT2D eigenvalue weighted by molar-refractivity contribution is 7.89. The molecule has 1 N–H and O–H groups in total. The molecule has 1 fully saturated rings. The van der Waals surface area contributed by atoms with Gasteiger partial charge in [0.2, 0.25) is 15.9 Å². The van der Waals surface area contributed by atoms with Crippen molar-refractivity contribution in [2.45, 2.75) is 56.6 Å². The molecule has 1 saturated heterocycles. The first-order chi connectivity index (χ1) is 12.6. The minimum atomic E-state index is -4.61. The molecule has 2 rings (SSSR count). The summed E-state index contributed by atoms with van der Waals surface area (Å²) in [6.45, 7) is 4.19. The fourth-order valence-electron chi connectivity index (χ4n) is 3.15. The molecule has 9 heteroatoms. The minimum Gasteiger partial charge on any atom is -0.353 e. The Kier molecular flexibility index (Phi) is 6.91. The number of piperidine rings is 1. The molecular weight excluding hydrogens is 381 g/mol. The normalized spacial score (nSPS) is 17.3. The Balaban J connectivity index is 2.06. The van der Waals surface area contributed by atoms with Gasteiger partial charge in [0.05, 0.1) is 10.5 Å². The number of hydrogen-bond donors (Lipinski definition) is 1. The second kappa shape index (κ2) is 8.60. The first-order valence-corrected chi connectivity index (χ1v) is 10.5. The molecule has 0 unspecified atom stereocenters. The zero-order valence-corrected chi connectivity index (χ0v) is 16.2. The van der Waals surface area contributed by atoms with Gasteiger partial charge in [-0.1, -0.05) is 19.9 Å². The van der Waals surface area contributed by atoms with Gasteiger partial charge in [-0.15, -0.1) is 0 Å². The molecule has 1 aromatic rings. The molecule has 1 amide bonds. The van der Waals surface area contributed by atoms with Gasteiger partial charge in [-0.05, 0) is 43.9 Å². The highest BCUT2D eigenvalue weighted by Gasteiger charge is 2.35. The van der Waals surface area contributed by atoms with Crippen molar-refractivity contribution >= 4 is 15.9 Å². The standard InChI is InChI=1S/C18H25F3N2O3S/c1-3-15(4-2)22-17(24)13-8-10-23(11-9-13)27(25,26)16-7-5-6-14(12-16)18(19,20)21/h5-7,12-13,15H,3-4,8-11H2,1-2H3,(H,22,24). The molecule has 27 heavy (non-hydrogen) atoms. The molecule has 5 nitrogen and oxygen atoms in total. The Labute approximate surface area is 158 Å². The van der Waals surface area contributed by atoms with Crippen LogP contribution in [0.2, 0.25) is 0 Å². The van der Waals surface area contributed by atoms with E-state index >= 15 is 0 Å². The predicted octanol–water partition coefficient (Wildman–Crippen LogP) is 3.41. The molecule has 0 bridgehead atoms. The van der Waals surface area contributed by atoms with Crippen molar-refractivity contribution in [1.82, 2.24) is 9.62 Å². The summed E-state index contributed by atoms with van der Waals surface area (Å²) < 4.78 is 65.0. The van der Waals surface area contributed by atoms with Crippen LogP contribution in [-0.2, 0) is 21.0 Å². The molecular formula is C18H25F3N2O3S. The van der Waals surface area contributed by atoms with Crippen LogP contribution < -0.4 is 5.32 Å². The van der Waals surface area contributed by atoms with Crippen LogP contribution >= 0.6 is 0 Å². The maximum Gasteiger partial charge on any atom is 0.416 e. The van der Waals surface area contributed by atoms with Crippen molar-refractivity contribution in [3.05, 3.63) is 29.8 Å². The average molecular weight is 406 g/mol. The van der Waals surface area contributed by atoms with Gasteiger partial charge >= 0.3 is 6.18 Å². The van der Waals surface area contributed by atoms with Crippen molar-refractivity contribution in [2.75, 3.05) is 13.1 Å². The maximum atomic E-state index is 12.8. The molecule has 0 aromatic heterocycles. The molecule has 1 heterocycles. The van der Waals surface area contributed by atoms with Crippen LogP contribution in [0.25, 0.3) is 0 Å². The number of halogens is 3. The molecule has 152 valence electrons. The van der Waals surface area contributed by atoms with Crippen LogP contribution in [0.5, 0.6) is 0 Å². The third-order valence-electron chi connectivity index (χ3n) is 4.96. The van der Waals surface area contributed by atoms with Crippen LogP contribution in [0.4, 0.5) is 13.2 Å². The minimum absolute atomic E-state index is 0.0835. The van der Waals surface area contributed by atoms with E-state index in [1.54, 1.807) is 0 Å². The van der Waals surface area contributed by atoms with Gasteiger partial charge in [0.25, 0.3) is 0 Å². The van der Waals surface area contributed by atoms with Crippen molar-refractivity contribution in [2.24, 2.45) is 5.92 Å². The third kappa shape index (κ3) is 5.22. The zero-order valence-electron chi connectivity index (χ0n) is 15.4. The molecule has 1 aliphatic heterocycles. The van der Waals surface area contributed by atoms with E-state index in [0.29, 0.717) is 18.9 Å². The average Bonchev–Trinajstić information content (AvgIpc) is 2.65. The van der Waals surface area contributed by atoms with Crippen LogP contribution in [0.1, 0.15) is 45.1 Å². The second-order valence-corrected chi connectivity index (χ2v) is 8.66. The Morgan fingerprint density at radius 3 is 2.33 bits per heavy atom. The lowest BCUT2D eigenvalue weighted by atomic mass is 9.96. The summed E-state index contributed by atoms with van der Waals surface area (Å²) >= 11 is 0. The topological polar surface area (TPSA) is 66.5 Å². The van der Waals surface area contributed by atoms with Crippen LogP contribution in [0, 0.1) is 5.92 Å². The molecule has 0 aliphatic carbocycles. The number of sulfonamides is 1. The Bertz CT molecular complexity index is 753. The number of benzene rings is 1. The van der Waals surface area contributed by atoms with Crippen molar-refractivity contribution in [3.8, 4) is 0 Å². The molecule has 0 saturated carbocycles. The Hall–Kier alpha value is -1.61. The zero-order chi connectivity index (χ0) is 20.2. The SMILES string of the molecule is CCC(CC)NC(=O)C1CCN(S(=O)(=O)c2cccc(C(F)(F)F)c2)CC1. The predicted molar refractivity (Wildman–Crippen MR) is 95.4 cm³/mol. The summed E-state index contributed by atoms with van der Waals surface area (Å²) in [5, 5.41) is 2.96. The van der Waals surface area contributed by atoms with E-state index in [2.05, 4.69) is 5.32 Å². The number of carbonyl (C=O) groups is 1. The highest BCUT2D eigenvalue weighted by atomic mass is 32.2. The van der Waals surface area contributed by atoms with Crippen molar-refractivity contribution in [1.29, 1.82) is 0 Å². The molecule has 0 spiro atoms. The number of amides is 1. The van der Waals surface area contributed by atoms with E-state index in [1.807, 2.05) is 13.8 Å². The number of rotatable bonds is 6. The maximum absolute atomic E-state index is 12.8. The van der Waals surface area contributed by atoms with Gasteiger partial charge in [-0.25, -0.2) is 8.42 Å². The van der Waals surface area contributed by atoms with Crippen LogP contribution in [0.3, 0.4) is 0 Å². The van der Waals surface area contributed by atoms with Gasteiger partial charge in [0.15, 0.2) is 0 Å². The number of hydrogen-bond acceptors (Lipinski definition) is 3. The van der Waals surface area contributed by atoms with E-state index in [9.17, 15) is 26.4 Å². The lowest BCUT2D eigenvalue weighted by Crippen LogP contribution is -2.45. The monoisotopic (exact) mass is 406 g/mol. The van der Waals surface area contributed by atoms with E-state index in [4.69, 9.17) is 0 Å². The third-order valence-corrected chi connectivity index (χ3v) is 6.85. The number of carbonyl (C=O) groups excluding carboxylic acids is 1. The van der Waals surface area contributed by atoms with Gasteiger partial charge in [0.1, 0.15) is 0 Å². The summed E-state index contributed by atoms with van der Waals surface area (Å²) in [7, 11) is -4.02. The summed E-state index contributed by atoms with van der Waals surface area (Å²) in [6.07, 6.45) is -2.25. The van der Waals surface area contributed by atoms with Gasteiger partial charge < -0.3 is 5.32 Å². The molecule has 0 atom stereocenters. The highest BCUT2D eigenvalue weighted by Crippen LogP contribution is 2.32. The van der Waals surface area contributed by atoms with Gasteiger partial charge in [0, 0.05) is 25.0 Å². The molecule has 1 aliphatic rings. The Morgan fingerprint density at radius 1 is 1.22 bits per heavy atom. The van der Waals surface area contributed by atoms with Crippen molar-refractivity contribution < 1.29 is 26.4 Å². The van der Waals surface area contributed by atoms with Crippen LogP contribution in [-0.4, -0.2) is 37.8 Å². The largest absolute Gasteiger partial charge is 0.416 e. The van der Waals surface area contributed by atoms with Crippen molar-refractivity contribution in [3.63, 3.8) is 0 Å². The first-order valence-electron chi connectivity index (χ1n) is 9.07. The Morgan fingerprint density at radius 2 is 1.81 bits per heavy atom. The molecule has 0 radical (unpaired) electrons. The number of nitrogens with zero attached hydrogens (tertiary/aromatic N) is 1. The summed E-state index contributed by atoms with van der Waals surface area (Å²) in [5.74, 6) is -0.363. The van der Waals surface area contributed by atoms with Crippen LogP contribution in [0.15, 0.2) is 29.2 Å². The van der Waals surface area contributed by atoms with Gasteiger partial charge in [-0.2, -0.15) is 17.5 Å². The lowest BCUT2D eigenvalue weighted by molar-refractivity contribution is -0.137. The smallest absolute Gasteiger partial charge is 0.353 e. The summed E-state index contributed by atoms with van der Waals surface area (Å²) in [5.41, 5.74) is -0.997. The number of nitrogens with one attached hydrogen (secondary N) is 1. The lowest BCUT2D eigenvalue weighted by Gasteiger charge is -2.31. The van der Waals surface area contributed by atoms with E-state index in [1.165, 1.54) is 0 Å². The van der Waals surface area contributed by atoms with E-state index in [-0.39, 0.29) is 35.9 Å². The summed E-state index contributed by atoms with van der Waals surface area (Å²) in [6, 6.07) is 3.85. The van der Waals surface area contributed by atoms with Gasteiger partial charge in [-0.3, -0.25) is 4.79 Å². The quantitative estimate of drug-likeness (QED) is 0.787. The fourth-order valence-corrected chi connectivity index (χ4v) is 4.67. The summed E-state index contributed by atoms with van der Waals surface area (Å²) in [4.78, 5) is 11.9. The van der Waals surface area contributed by atoms with E-state index < -0.39 is 21.8 Å². The second-order valence-electron chi connectivity index (χ2n) is 6.73. The molecule has 1 aromatic carbocycles.